The SMILES string of the molecule is COC(=O)c1ccc(-c2nc(CN(C)[C@@H](C)c3ccon3)c(C)o2)cc1. The maximum Gasteiger partial charge on any atom is 0.337 e. The number of hydrogen-bond acceptors (Lipinski definition) is 7. The number of nitrogens with zero attached hydrogens (tertiary/aromatic N) is 3. The number of methoxy groups -OCH3 is 1. The third-order valence-electron chi connectivity index (χ3n) is 4.39. The molecular weight excluding hydrogens is 334 g/mol. The van der Waals surface area contributed by atoms with E-state index in [0.29, 0.717) is 18.0 Å². The van der Waals surface area contributed by atoms with Gasteiger partial charge in [0.05, 0.1) is 24.4 Å². The Kier molecular flexibility index (Phi) is 5.18. The molecule has 0 spiro atoms. The van der Waals surface area contributed by atoms with E-state index in [0.717, 1.165) is 22.7 Å². The van der Waals surface area contributed by atoms with Crippen LogP contribution in [0.1, 0.15) is 40.5 Å². The van der Waals surface area contributed by atoms with Gasteiger partial charge in [-0.3, -0.25) is 4.90 Å². The summed E-state index contributed by atoms with van der Waals surface area (Å²) in [5, 5.41) is 3.99. The first-order valence-corrected chi connectivity index (χ1v) is 8.25. The van der Waals surface area contributed by atoms with Crippen LogP contribution in [0, 0.1) is 6.92 Å². The molecule has 1 aromatic carbocycles. The van der Waals surface area contributed by atoms with Gasteiger partial charge in [0.25, 0.3) is 0 Å². The van der Waals surface area contributed by atoms with Gasteiger partial charge in [0.2, 0.25) is 5.89 Å². The van der Waals surface area contributed by atoms with Crippen molar-refractivity contribution in [2.75, 3.05) is 14.2 Å². The molecule has 0 aliphatic heterocycles. The number of benzene rings is 1. The van der Waals surface area contributed by atoms with Crippen molar-refractivity contribution in [2.45, 2.75) is 26.4 Å². The Labute approximate surface area is 151 Å². The van der Waals surface area contributed by atoms with Crippen molar-refractivity contribution in [3.8, 4) is 11.5 Å². The lowest BCUT2D eigenvalue weighted by molar-refractivity contribution is 0.0600. The summed E-state index contributed by atoms with van der Waals surface area (Å²) >= 11 is 0. The van der Waals surface area contributed by atoms with Crippen LogP contribution in [0.25, 0.3) is 11.5 Å². The van der Waals surface area contributed by atoms with Gasteiger partial charge in [-0.1, -0.05) is 5.16 Å². The Morgan fingerprint density at radius 3 is 2.62 bits per heavy atom. The highest BCUT2D eigenvalue weighted by atomic mass is 16.5. The maximum atomic E-state index is 11.5. The summed E-state index contributed by atoms with van der Waals surface area (Å²) < 4.78 is 15.4. The third kappa shape index (κ3) is 3.67. The fourth-order valence-electron chi connectivity index (χ4n) is 2.60. The fourth-order valence-corrected chi connectivity index (χ4v) is 2.60. The van der Waals surface area contributed by atoms with Crippen LogP contribution in [-0.4, -0.2) is 35.2 Å². The van der Waals surface area contributed by atoms with Gasteiger partial charge in [-0.2, -0.15) is 0 Å². The minimum atomic E-state index is -0.371. The largest absolute Gasteiger partial charge is 0.465 e. The van der Waals surface area contributed by atoms with Crippen LogP contribution in [0.2, 0.25) is 0 Å². The van der Waals surface area contributed by atoms with Crippen LogP contribution in [0.4, 0.5) is 0 Å². The van der Waals surface area contributed by atoms with Gasteiger partial charge in [-0.25, -0.2) is 9.78 Å². The number of carbonyl (C=O) groups is 1. The number of ether oxygens (including phenoxy) is 1. The van der Waals surface area contributed by atoms with E-state index in [-0.39, 0.29) is 12.0 Å². The lowest BCUT2D eigenvalue weighted by Crippen LogP contribution is -2.22. The van der Waals surface area contributed by atoms with Crippen LogP contribution in [0.15, 0.2) is 45.5 Å². The van der Waals surface area contributed by atoms with Crippen LogP contribution in [0.3, 0.4) is 0 Å². The Bertz CT molecular complexity index is 869. The molecule has 7 heteroatoms. The normalized spacial score (nSPS) is 12.3. The summed E-state index contributed by atoms with van der Waals surface area (Å²) in [7, 11) is 3.36. The van der Waals surface area contributed by atoms with Gasteiger partial charge < -0.3 is 13.7 Å². The van der Waals surface area contributed by atoms with E-state index in [2.05, 4.69) is 22.0 Å². The molecule has 3 aromatic rings. The summed E-state index contributed by atoms with van der Waals surface area (Å²) in [5.74, 6) is 0.914. The number of esters is 1. The molecule has 0 N–H and O–H groups in total. The van der Waals surface area contributed by atoms with Gasteiger partial charge in [0.15, 0.2) is 0 Å². The average molecular weight is 355 g/mol. The second-order valence-corrected chi connectivity index (χ2v) is 6.11. The van der Waals surface area contributed by atoms with E-state index in [1.165, 1.54) is 7.11 Å². The van der Waals surface area contributed by atoms with Crippen molar-refractivity contribution in [1.29, 1.82) is 0 Å². The number of aryl methyl sites for hydroxylation is 1. The second kappa shape index (κ2) is 7.53. The highest BCUT2D eigenvalue weighted by Crippen LogP contribution is 2.25. The molecule has 0 saturated heterocycles. The number of rotatable bonds is 6. The smallest absolute Gasteiger partial charge is 0.337 e. The van der Waals surface area contributed by atoms with Crippen molar-refractivity contribution in [3.63, 3.8) is 0 Å². The minimum Gasteiger partial charge on any atom is -0.465 e. The average Bonchev–Trinajstić information content (AvgIpc) is 3.31. The molecule has 2 heterocycles. The van der Waals surface area contributed by atoms with Crippen molar-refractivity contribution < 1.29 is 18.5 Å². The summed E-state index contributed by atoms with van der Waals surface area (Å²) in [4.78, 5) is 18.3. The highest BCUT2D eigenvalue weighted by Gasteiger charge is 2.19. The van der Waals surface area contributed by atoms with Gasteiger partial charge in [0, 0.05) is 18.2 Å². The molecule has 136 valence electrons. The standard InChI is InChI=1S/C19H21N3O4/c1-12(16-9-10-25-21-16)22(3)11-17-13(2)26-18(20-17)14-5-7-15(8-6-14)19(23)24-4/h5-10,12H,11H2,1-4H3/t12-/m0/s1. The topological polar surface area (TPSA) is 81.6 Å². The Hall–Kier alpha value is -2.93. The quantitative estimate of drug-likeness (QED) is 0.625. The van der Waals surface area contributed by atoms with Gasteiger partial charge >= 0.3 is 5.97 Å². The molecule has 2 aromatic heterocycles. The summed E-state index contributed by atoms with van der Waals surface area (Å²) in [6, 6.07) is 8.92. The summed E-state index contributed by atoms with van der Waals surface area (Å²) in [5.41, 5.74) is 3.02. The zero-order valence-corrected chi connectivity index (χ0v) is 15.2. The van der Waals surface area contributed by atoms with Gasteiger partial charge in [-0.15, -0.1) is 0 Å². The third-order valence-corrected chi connectivity index (χ3v) is 4.39. The van der Waals surface area contributed by atoms with E-state index in [1.54, 1.807) is 30.5 Å². The molecule has 26 heavy (non-hydrogen) atoms. The predicted molar refractivity (Wildman–Crippen MR) is 94.4 cm³/mol. The highest BCUT2D eigenvalue weighted by molar-refractivity contribution is 5.89. The van der Waals surface area contributed by atoms with E-state index >= 15 is 0 Å². The lowest BCUT2D eigenvalue weighted by atomic mass is 10.1. The molecule has 3 rings (SSSR count). The van der Waals surface area contributed by atoms with Crippen LogP contribution in [0.5, 0.6) is 0 Å². The minimum absolute atomic E-state index is 0.0904. The molecule has 0 fully saturated rings. The van der Waals surface area contributed by atoms with Crippen LogP contribution in [-0.2, 0) is 11.3 Å². The first-order chi connectivity index (χ1) is 12.5. The molecule has 0 bridgehead atoms. The monoisotopic (exact) mass is 355 g/mol. The Balaban J connectivity index is 1.75. The first-order valence-electron chi connectivity index (χ1n) is 8.25. The van der Waals surface area contributed by atoms with Gasteiger partial charge in [-0.05, 0) is 45.2 Å². The van der Waals surface area contributed by atoms with E-state index in [9.17, 15) is 4.79 Å². The molecule has 0 amide bonds. The number of carbonyl (C=O) groups excluding carboxylic acids is 1. The molecule has 0 aliphatic carbocycles. The van der Waals surface area contributed by atoms with Crippen LogP contribution >= 0.6 is 0 Å². The van der Waals surface area contributed by atoms with Crippen LogP contribution < -0.4 is 0 Å². The van der Waals surface area contributed by atoms with Crippen molar-refractivity contribution in [1.82, 2.24) is 15.0 Å². The Morgan fingerprint density at radius 1 is 1.27 bits per heavy atom. The molecule has 0 unspecified atom stereocenters. The van der Waals surface area contributed by atoms with E-state index < -0.39 is 0 Å². The zero-order valence-electron chi connectivity index (χ0n) is 15.2. The molecule has 0 saturated carbocycles. The number of oxazole rings is 1. The first kappa shape index (κ1) is 17.9. The molecule has 0 aliphatic rings. The van der Waals surface area contributed by atoms with Gasteiger partial charge in [0.1, 0.15) is 17.7 Å². The molecule has 1 atom stereocenters. The zero-order chi connectivity index (χ0) is 18.7. The second-order valence-electron chi connectivity index (χ2n) is 6.11. The number of hydrogen-bond donors (Lipinski definition) is 0. The lowest BCUT2D eigenvalue weighted by Gasteiger charge is -2.21. The van der Waals surface area contributed by atoms with Crippen molar-refractivity contribution in [3.05, 3.63) is 59.3 Å². The van der Waals surface area contributed by atoms with E-state index in [4.69, 9.17) is 13.7 Å². The predicted octanol–water partition coefficient (Wildman–Crippen LogP) is 3.62. The van der Waals surface area contributed by atoms with Crippen molar-refractivity contribution >= 4 is 5.97 Å². The summed E-state index contributed by atoms with van der Waals surface area (Å²) in [6.07, 6.45) is 1.57. The molecular formula is C19H21N3O4. The fraction of sp³-hybridized carbons (Fsp3) is 0.316. The van der Waals surface area contributed by atoms with Crippen molar-refractivity contribution in [2.24, 2.45) is 0 Å². The Morgan fingerprint density at radius 2 is 2.00 bits per heavy atom. The van der Waals surface area contributed by atoms with E-state index in [1.807, 2.05) is 20.0 Å². The summed E-state index contributed by atoms with van der Waals surface area (Å²) in [6.45, 7) is 4.56. The maximum absolute atomic E-state index is 11.5. The molecule has 0 radical (unpaired) electrons. The number of aromatic nitrogens is 2. The molecule has 7 nitrogen and oxygen atoms in total.